The number of nitrogens with one attached hydrogen (secondary N) is 1. The first kappa shape index (κ1) is 14.9. The second kappa shape index (κ2) is 5.88. The summed E-state index contributed by atoms with van der Waals surface area (Å²) in [5, 5.41) is 2.97. The van der Waals surface area contributed by atoms with Crippen LogP contribution in [0.3, 0.4) is 0 Å². The Kier molecular flexibility index (Phi) is 4.39. The Balaban J connectivity index is 2.46. The molecule has 20 heavy (non-hydrogen) atoms. The van der Waals surface area contributed by atoms with Gasteiger partial charge in [0, 0.05) is 22.4 Å². The van der Waals surface area contributed by atoms with Crippen LogP contribution in [0.5, 0.6) is 0 Å². The molecule has 2 rings (SSSR count). The lowest BCUT2D eigenvalue weighted by molar-refractivity contribution is -0.138. The molecule has 0 spiro atoms. The Hall–Kier alpha value is -1.47. The van der Waals surface area contributed by atoms with Crippen molar-refractivity contribution in [2.24, 2.45) is 0 Å². The summed E-state index contributed by atoms with van der Waals surface area (Å²) in [6, 6.07) is 3.75. The number of nitrogens with zero attached hydrogens (tertiary/aromatic N) is 2. The molecular formula is C13H11BrF3N3. The van der Waals surface area contributed by atoms with E-state index >= 15 is 0 Å². The summed E-state index contributed by atoms with van der Waals surface area (Å²) < 4.78 is 38.8. The summed E-state index contributed by atoms with van der Waals surface area (Å²) in [6.07, 6.45) is 0.117. The van der Waals surface area contributed by atoms with Crippen molar-refractivity contribution in [3.05, 3.63) is 58.1 Å². The maximum Gasteiger partial charge on any atom is 0.417 e. The maximum atomic E-state index is 12.9. The molecule has 0 aliphatic carbocycles. The van der Waals surface area contributed by atoms with Gasteiger partial charge in [-0.15, -0.1) is 0 Å². The lowest BCUT2D eigenvalue weighted by Crippen LogP contribution is -2.19. The van der Waals surface area contributed by atoms with Crippen LogP contribution >= 0.6 is 15.9 Å². The van der Waals surface area contributed by atoms with Crippen molar-refractivity contribution in [1.29, 1.82) is 0 Å². The first-order chi connectivity index (χ1) is 9.43. The Bertz CT molecular complexity index is 587. The molecule has 1 heterocycles. The summed E-state index contributed by atoms with van der Waals surface area (Å²) in [4.78, 5) is 7.77. The molecule has 2 aromatic rings. The third-order valence-electron chi connectivity index (χ3n) is 2.83. The molecule has 7 heteroatoms. The Morgan fingerprint density at radius 2 is 1.80 bits per heavy atom. The zero-order chi connectivity index (χ0) is 14.8. The van der Waals surface area contributed by atoms with Gasteiger partial charge in [-0.25, -0.2) is 9.97 Å². The predicted octanol–water partition coefficient (Wildman–Crippen LogP) is 3.57. The third kappa shape index (κ3) is 3.16. The minimum atomic E-state index is -4.40. The summed E-state index contributed by atoms with van der Waals surface area (Å²) in [5.74, 6) is 0. The van der Waals surface area contributed by atoms with E-state index in [2.05, 4.69) is 31.2 Å². The summed E-state index contributed by atoms with van der Waals surface area (Å²) in [5.41, 5.74) is 0.496. The number of aromatic nitrogens is 2. The number of benzene rings is 1. The summed E-state index contributed by atoms with van der Waals surface area (Å²) in [6.45, 7) is 0. The van der Waals surface area contributed by atoms with Crippen LogP contribution in [0, 0.1) is 0 Å². The average Bonchev–Trinajstić information content (AvgIpc) is 2.41. The van der Waals surface area contributed by atoms with Crippen LogP contribution in [0.1, 0.15) is 22.7 Å². The lowest BCUT2D eigenvalue weighted by atomic mass is 9.99. The number of hydrogen-bond acceptors (Lipinski definition) is 3. The zero-order valence-corrected chi connectivity index (χ0v) is 12.0. The van der Waals surface area contributed by atoms with E-state index in [-0.39, 0.29) is 4.47 Å². The van der Waals surface area contributed by atoms with Crippen molar-refractivity contribution >= 4 is 15.9 Å². The highest BCUT2D eigenvalue weighted by Crippen LogP contribution is 2.36. The van der Waals surface area contributed by atoms with E-state index in [0.717, 1.165) is 6.07 Å². The fourth-order valence-corrected chi connectivity index (χ4v) is 2.40. The maximum absolute atomic E-state index is 12.9. The molecule has 106 valence electrons. The monoisotopic (exact) mass is 345 g/mol. The smallest absolute Gasteiger partial charge is 0.309 e. The average molecular weight is 346 g/mol. The van der Waals surface area contributed by atoms with E-state index < -0.39 is 17.8 Å². The van der Waals surface area contributed by atoms with Crippen molar-refractivity contribution in [1.82, 2.24) is 15.3 Å². The molecular weight excluding hydrogens is 335 g/mol. The van der Waals surface area contributed by atoms with E-state index in [1.165, 1.54) is 12.4 Å². The van der Waals surface area contributed by atoms with Crippen LogP contribution < -0.4 is 5.32 Å². The largest absolute Gasteiger partial charge is 0.417 e. The van der Waals surface area contributed by atoms with Crippen molar-refractivity contribution in [2.45, 2.75) is 12.2 Å². The Labute approximate surface area is 122 Å². The van der Waals surface area contributed by atoms with Crippen LogP contribution in [-0.4, -0.2) is 17.0 Å². The van der Waals surface area contributed by atoms with Crippen LogP contribution in [0.15, 0.2) is 41.4 Å². The van der Waals surface area contributed by atoms with E-state index in [0.29, 0.717) is 11.1 Å². The molecule has 0 aliphatic rings. The standard InChI is InChI=1S/C13H11BrF3N3/c1-18-12(9-5-19-7-20-6-9)8-2-3-11(14)10(4-8)13(15,16)17/h2-7,12,18H,1H3. The van der Waals surface area contributed by atoms with Gasteiger partial charge in [-0.3, -0.25) is 0 Å². The second-order valence-corrected chi connectivity index (χ2v) is 4.98. The molecule has 0 saturated carbocycles. The van der Waals surface area contributed by atoms with Crippen LogP contribution in [0.4, 0.5) is 13.2 Å². The minimum Gasteiger partial charge on any atom is -0.309 e. The molecule has 0 fully saturated rings. The third-order valence-corrected chi connectivity index (χ3v) is 3.52. The van der Waals surface area contributed by atoms with E-state index in [4.69, 9.17) is 0 Å². The van der Waals surface area contributed by atoms with E-state index in [1.54, 1.807) is 25.5 Å². The molecule has 0 saturated heterocycles. The first-order valence-electron chi connectivity index (χ1n) is 5.72. The normalized spacial score (nSPS) is 13.2. The molecule has 1 unspecified atom stereocenters. The fourth-order valence-electron chi connectivity index (χ4n) is 1.93. The minimum absolute atomic E-state index is 0.0212. The fraction of sp³-hybridized carbons (Fsp3) is 0.231. The number of alkyl halides is 3. The SMILES string of the molecule is CNC(c1cncnc1)c1ccc(Br)c(C(F)(F)F)c1. The van der Waals surface area contributed by atoms with Gasteiger partial charge in [0.2, 0.25) is 0 Å². The van der Waals surface area contributed by atoms with Crippen LogP contribution in [0.2, 0.25) is 0 Å². The zero-order valence-electron chi connectivity index (χ0n) is 10.4. The van der Waals surface area contributed by atoms with Gasteiger partial charge in [-0.05, 0) is 24.7 Å². The molecule has 0 aliphatic heterocycles. The van der Waals surface area contributed by atoms with Crippen molar-refractivity contribution in [3.63, 3.8) is 0 Å². The topological polar surface area (TPSA) is 37.8 Å². The van der Waals surface area contributed by atoms with Gasteiger partial charge in [0.25, 0.3) is 0 Å². The van der Waals surface area contributed by atoms with Crippen LogP contribution in [0.25, 0.3) is 0 Å². The van der Waals surface area contributed by atoms with Gasteiger partial charge in [0.15, 0.2) is 0 Å². The quantitative estimate of drug-likeness (QED) is 0.924. The highest BCUT2D eigenvalue weighted by Gasteiger charge is 2.33. The number of hydrogen-bond donors (Lipinski definition) is 1. The highest BCUT2D eigenvalue weighted by atomic mass is 79.9. The van der Waals surface area contributed by atoms with E-state index in [9.17, 15) is 13.2 Å². The molecule has 1 aromatic heterocycles. The van der Waals surface area contributed by atoms with Gasteiger partial charge in [0.05, 0.1) is 11.6 Å². The molecule has 0 amide bonds. The first-order valence-corrected chi connectivity index (χ1v) is 6.51. The summed E-state index contributed by atoms with van der Waals surface area (Å²) in [7, 11) is 1.67. The molecule has 1 atom stereocenters. The van der Waals surface area contributed by atoms with Crippen molar-refractivity contribution in [3.8, 4) is 0 Å². The van der Waals surface area contributed by atoms with E-state index in [1.807, 2.05) is 0 Å². The van der Waals surface area contributed by atoms with Crippen molar-refractivity contribution < 1.29 is 13.2 Å². The highest BCUT2D eigenvalue weighted by molar-refractivity contribution is 9.10. The molecule has 0 bridgehead atoms. The summed E-state index contributed by atoms with van der Waals surface area (Å²) >= 11 is 2.93. The molecule has 3 nitrogen and oxygen atoms in total. The van der Waals surface area contributed by atoms with Gasteiger partial charge in [-0.1, -0.05) is 22.0 Å². The molecule has 0 radical (unpaired) electrons. The van der Waals surface area contributed by atoms with Crippen LogP contribution in [-0.2, 0) is 6.18 Å². The lowest BCUT2D eigenvalue weighted by Gasteiger charge is -2.18. The number of rotatable bonds is 3. The van der Waals surface area contributed by atoms with Crippen molar-refractivity contribution in [2.75, 3.05) is 7.05 Å². The molecule has 1 N–H and O–H groups in total. The van der Waals surface area contributed by atoms with Gasteiger partial charge < -0.3 is 5.32 Å². The second-order valence-electron chi connectivity index (χ2n) is 4.13. The molecule has 1 aromatic carbocycles. The predicted molar refractivity (Wildman–Crippen MR) is 72.1 cm³/mol. The van der Waals surface area contributed by atoms with Gasteiger partial charge in [-0.2, -0.15) is 13.2 Å². The number of halogens is 4. The Morgan fingerprint density at radius 1 is 1.15 bits per heavy atom. The van der Waals surface area contributed by atoms with Gasteiger partial charge >= 0.3 is 6.18 Å². The van der Waals surface area contributed by atoms with Gasteiger partial charge in [0.1, 0.15) is 6.33 Å². The Morgan fingerprint density at radius 3 is 2.35 bits per heavy atom.